The molecule has 1 spiro atoms. The number of benzene rings is 2. The lowest BCUT2D eigenvalue weighted by atomic mass is 9.92. The standard InChI is InChI=1S/C26H24ClFN6O4S/c27-20-2-1-3-21-22(20)23(33-11-10-32(14-25(33)8-9-25)24-29-12-18(28)13-30-24)31-34(21)39(36,37)19-6-4-17(5-7-19)26(35)15-38-16-26/h1-7,12-13,35H,8-11,14-16H2. The quantitative estimate of drug-likeness (QED) is 0.387. The number of halogens is 2. The fraction of sp³-hybridized carbons (Fsp3) is 0.346. The number of aliphatic hydroxyl groups is 1. The van der Waals surface area contributed by atoms with Crippen LogP contribution in [0.3, 0.4) is 0 Å². The summed E-state index contributed by atoms with van der Waals surface area (Å²) < 4.78 is 47.2. The molecule has 0 atom stereocenters. The Morgan fingerprint density at radius 2 is 1.74 bits per heavy atom. The van der Waals surface area contributed by atoms with E-state index in [1.54, 1.807) is 30.3 Å². The Bertz CT molecular complexity index is 1690. The number of fused-ring (bicyclic) bond motifs is 1. The Morgan fingerprint density at radius 1 is 1.03 bits per heavy atom. The van der Waals surface area contributed by atoms with Gasteiger partial charge in [-0.25, -0.2) is 14.4 Å². The number of hydrogen-bond donors (Lipinski definition) is 1. The fourth-order valence-electron chi connectivity index (χ4n) is 5.47. The Kier molecular flexibility index (Phi) is 5.44. The molecule has 202 valence electrons. The predicted molar refractivity (Wildman–Crippen MR) is 142 cm³/mol. The van der Waals surface area contributed by atoms with E-state index in [9.17, 15) is 17.9 Å². The van der Waals surface area contributed by atoms with Crippen LogP contribution in [0.15, 0.2) is 59.8 Å². The summed E-state index contributed by atoms with van der Waals surface area (Å²) >= 11 is 6.66. The predicted octanol–water partition coefficient (Wildman–Crippen LogP) is 2.93. The van der Waals surface area contributed by atoms with E-state index in [4.69, 9.17) is 16.3 Å². The topological polar surface area (TPSA) is 114 Å². The van der Waals surface area contributed by atoms with Gasteiger partial charge in [-0.2, -0.15) is 12.5 Å². The summed E-state index contributed by atoms with van der Waals surface area (Å²) in [5, 5.41) is 16.2. The lowest BCUT2D eigenvalue weighted by Crippen LogP contribution is -2.56. The SMILES string of the molecule is O=S(=O)(c1ccc(C2(O)COC2)cc1)n1nc(N2CCN(c3ncc(F)cn3)CC23CC3)c2c(Cl)cccc21. The largest absolute Gasteiger partial charge is 0.380 e. The van der Waals surface area contributed by atoms with Crippen LogP contribution in [0.1, 0.15) is 18.4 Å². The summed E-state index contributed by atoms with van der Waals surface area (Å²) in [5.74, 6) is 0.475. The Labute approximate surface area is 228 Å². The monoisotopic (exact) mass is 570 g/mol. The molecule has 1 N–H and O–H groups in total. The average molecular weight is 571 g/mol. The average Bonchev–Trinajstić information content (AvgIpc) is 3.55. The van der Waals surface area contributed by atoms with Crippen LogP contribution in [-0.4, -0.2) is 71.1 Å². The summed E-state index contributed by atoms with van der Waals surface area (Å²) in [6.07, 6.45) is 4.07. The minimum atomic E-state index is -4.08. The minimum absolute atomic E-state index is 0.0467. The number of piperazine rings is 1. The maximum Gasteiger partial charge on any atom is 0.283 e. The molecule has 1 saturated carbocycles. The van der Waals surface area contributed by atoms with E-state index in [-0.39, 0.29) is 23.6 Å². The molecule has 2 aliphatic heterocycles. The highest BCUT2D eigenvalue weighted by molar-refractivity contribution is 7.90. The molecule has 3 aliphatic rings. The van der Waals surface area contributed by atoms with E-state index in [2.05, 4.69) is 20.0 Å². The maximum absolute atomic E-state index is 13.8. The molecule has 3 fully saturated rings. The van der Waals surface area contributed by atoms with Crippen molar-refractivity contribution in [2.45, 2.75) is 28.9 Å². The molecule has 0 bridgehead atoms. The van der Waals surface area contributed by atoms with Crippen LogP contribution in [0.25, 0.3) is 10.9 Å². The highest BCUT2D eigenvalue weighted by atomic mass is 35.5. The fourth-order valence-corrected chi connectivity index (χ4v) is 7.00. The van der Waals surface area contributed by atoms with Crippen LogP contribution in [-0.2, 0) is 20.4 Å². The molecule has 1 aliphatic carbocycles. The molecule has 2 saturated heterocycles. The molecule has 7 rings (SSSR count). The summed E-state index contributed by atoms with van der Waals surface area (Å²) in [7, 11) is -4.08. The third-order valence-electron chi connectivity index (χ3n) is 7.83. The summed E-state index contributed by atoms with van der Waals surface area (Å²) in [5.41, 5.74) is -0.401. The van der Waals surface area contributed by atoms with Gasteiger partial charge in [-0.3, -0.25) is 0 Å². The van der Waals surface area contributed by atoms with Gasteiger partial charge in [-0.1, -0.05) is 29.8 Å². The number of hydrogen-bond acceptors (Lipinski definition) is 9. The molecule has 2 aromatic carbocycles. The van der Waals surface area contributed by atoms with Gasteiger partial charge in [0.05, 0.1) is 52.0 Å². The van der Waals surface area contributed by atoms with Gasteiger partial charge in [0, 0.05) is 19.6 Å². The van der Waals surface area contributed by atoms with E-state index in [0.717, 1.165) is 29.3 Å². The van der Waals surface area contributed by atoms with Gasteiger partial charge in [0.25, 0.3) is 10.0 Å². The van der Waals surface area contributed by atoms with Crippen molar-refractivity contribution in [1.82, 2.24) is 19.2 Å². The lowest BCUT2D eigenvalue weighted by Gasteiger charge is -2.42. The van der Waals surface area contributed by atoms with Gasteiger partial charge < -0.3 is 19.6 Å². The van der Waals surface area contributed by atoms with Crippen LogP contribution in [0.5, 0.6) is 0 Å². The van der Waals surface area contributed by atoms with Crippen molar-refractivity contribution in [2.75, 3.05) is 42.6 Å². The first kappa shape index (κ1) is 24.7. The highest BCUT2D eigenvalue weighted by Crippen LogP contribution is 2.49. The van der Waals surface area contributed by atoms with E-state index in [0.29, 0.717) is 52.9 Å². The number of rotatable bonds is 5. The van der Waals surface area contributed by atoms with Gasteiger partial charge in [-0.05, 0) is 42.7 Å². The van der Waals surface area contributed by atoms with Gasteiger partial charge in [0.2, 0.25) is 5.95 Å². The molecule has 2 aromatic heterocycles. The maximum atomic E-state index is 13.8. The second-order valence-corrected chi connectivity index (χ2v) is 12.5. The zero-order valence-electron chi connectivity index (χ0n) is 20.7. The van der Waals surface area contributed by atoms with Crippen molar-refractivity contribution in [2.24, 2.45) is 0 Å². The van der Waals surface area contributed by atoms with Crippen LogP contribution < -0.4 is 9.80 Å². The summed E-state index contributed by atoms with van der Waals surface area (Å²) in [6, 6.07) is 11.3. The molecular formula is C26H24ClFN6O4S. The third kappa shape index (κ3) is 3.88. The Morgan fingerprint density at radius 3 is 2.38 bits per heavy atom. The summed E-state index contributed by atoms with van der Waals surface area (Å²) in [4.78, 5) is 12.5. The van der Waals surface area contributed by atoms with E-state index >= 15 is 0 Å². The molecule has 4 aromatic rings. The van der Waals surface area contributed by atoms with E-state index < -0.39 is 21.4 Å². The third-order valence-corrected chi connectivity index (χ3v) is 9.75. The van der Waals surface area contributed by atoms with Crippen molar-refractivity contribution in [1.29, 1.82) is 0 Å². The molecular weight excluding hydrogens is 547 g/mol. The molecule has 4 heterocycles. The Hall–Kier alpha value is -3.32. The molecule has 0 unspecified atom stereocenters. The van der Waals surface area contributed by atoms with E-state index in [1.165, 1.54) is 12.1 Å². The molecule has 13 heteroatoms. The minimum Gasteiger partial charge on any atom is -0.380 e. The Balaban J connectivity index is 1.26. The van der Waals surface area contributed by atoms with Crippen molar-refractivity contribution >= 4 is 44.3 Å². The van der Waals surface area contributed by atoms with Crippen molar-refractivity contribution in [3.8, 4) is 0 Å². The van der Waals surface area contributed by atoms with Crippen LogP contribution in [0, 0.1) is 5.82 Å². The number of anilines is 2. The number of aromatic nitrogens is 4. The van der Waals surface area contributed by atoms with Crippen LogP contribution >= 0.6 is 11.6 Å². The van der Waals surface area contributed by atoms with Gasteiger partial charge >= 0.3 is 0 Å². The summed E-state index contributed by atoms with van der Waals surface area (Å²) in [6.45, 7) is 2.03. The highest BCUT2D eigenvalue weighted by Gasteiger charge is 2.53. The second kappa shape index (κ2) is 8.59. The zero-order valence-corrected chi connectivity index (χ0v) is 22.2. The number of nitrogens with zero attached hydrogens (tertiary/aromatic N) is 6. The van der Waals surface area contributed by atoms with Gasteiger partial charge in [0.1, 0.15) is 5.60 Å². The first-order chi connectivity index (χ1) is 18.7. The second-order valence-electron chi connectivity index (χ2n) is 10.4. The number of ether oxygens (including phenoxy) is 1. The molecule has 39 heavy (non-hydrogen) atoms. The van der Waals surface area contributed by atoms with Crippen molar-refractivity contribution in [3.63, 3.8) is 0 Å². The molecule has 0 amide bonds. The smallest absolute Gasteiger partial charge is 0.283 e. The van der Waals surface area contributed by atoms with Gasteiger partial charge in [0.15, 0.2) is 11.6 Å². The van der Waals surface area contributed by atoms with E-state index in [1.807, 2.05) is 4.90 Å². The van der Waals surface area contributed by atoms with Crippen LogP contribution in [0.4, 0.5) is 16.2 Å². The van der Waals surface area contributed by atoms with Crippen molar-refractivity contribution < 1.29 is 22.7 Å². The first-order valence-electron chi connectivity index (χ1n) is 12.5. The zero-order chi connectivity index (χ0) is 27.0. The molecule has 0 radical (unpaired) electrons. The molecule has 10 nitrogen and oxygen atoms in total. The first-order valence-corrected chi connectivity index (χ1v) is 14.4. The normalized spacial score (nSPS) is 19.9. The van der Waals surface area contributed by atoms with Gasteiger partial charge in [-0.15, -0.1) is 5.10 Å². The van der Waals surface area contributed by atoms with Crippen LogP contribution in [0.2, 0.25) is 5.02 Å². The lowest BCUT2D eigenvalue weighted by molar-refractivity contribution is -0.184. The van der Waals surface area contributed by atoms with Crippen molar-refractivity contribution in [3.05, 3.63) is 71.3 Å².